The molecule has 3 aliphatic rings. The Bertz CT molecular complexity index is 369. The summed E-state index contributed by atoms with van der Waals surface area (Å²) in [5.74, 6) is 0.186. The van der Waals surface area contributed by atoms with Crippen LogP contribution in [0, 0.1) is 11.8 Å². The minimum Gasteiger partial charge on any atom is -0.342 e. The van der Waals surface area contributed by atoms with Crippen LogP contribution >= 0.6 is 0 Å². The highest BCUT2D eigenvalue weighted by molar-refractivity contribution is 5.88. The van der Waals surface area contributed by atoms with Crippen molar-refractivity contribution in [2.45, 2.75) is 38.5 Å². The summed E-state index contributed by atoms with van der Waals surface area (Å²) < 4.78 is 0. The molecule has 1 aliphatic carbocycles. The molecule has 0 aromatic rings. The number of hydrogen-bond acceptors (Lipinski definition) is 2. The second-order valence-electron chi connectivity index (χ2n) is 6.22. The van der Waals surface area contributed by atoms with Crippen LogP contribution in [0.15, 0.2) is 12.2 Å². The summed E-state index contributed by atoms with van der Waals surface area (Å²) in [5, 5.41) is 0. The van der Waals surface area contributed by atoms with Crippen LogP contribution in [0.2, 0.25) is 0 Å². The Balaban J connectivity index is 1.71. The molecular weight excluding hydrogens is 252 g/mol. The molecule has 2 saturated heterocycles. The van der Waals surface area contributed by atoms with Crippen molar-refractivity contribution < 1.29 is 9.59 Å². The predicted molar refractivity (Wildman–Crippen MR) is 77.0 cm³/mol. The van der Waals surface area contributed by atoms with E-state index in [1.54, 1.807) is 0 Å². The molecule has 0 aromatic heterocycles. The normalized spacial score (nSPS) is 30.0. The molecule has 0 aromatic carbocycles. The fourth-order valence-electron chi connectivity index (χ4n) is 3.70. The number of carbonyl (C=O) groups excluding carboxylic acids is 2. The van der Waals surface area contributed by atoms with E-state index in [1.165, 1.54) is 0 Å². The third-order valence-electron chi connectivity index (χ3n) is 4.90. The van der Waals surface area contributed by atoms with Gasteiger partial charge in [-0.2, -0.15) is 0 Å². The maximum Gasteiger partial charge on any atom is 0.226 e. The molecular formula is C16H24N2O2. The number of likely N-dealkylation sites (tertiary alicyclic amines) is 2. The molecule has 2 aliphatic heterocycles. The van der Waals surface area contributed by atoms with Crippen molar-refractivity contribution in [1.29, 1.82) is 0 Å². The molecule has 0 saturated carbocycles. The van der Waals surface area contributed by atoms with E-state index in [1.807, 2.05) is 9.80 Å². The largest absolute Gasteiger partial charge is 0.342 e. The van der Waals surface area contributed by atoms with E-state index in [0.29, 0.717) is 0 Å². The third-order valence-corrected chi connectivity index (χ3v) is 4.90. The average Bonchev–Trinajstić information content (AvgIpc) is 3.18. The summed E-state index contributed by atoms with van der Waals surface area (Å²) in [5.41, 5.74) is 0. The summed E-state index contributed by atoms with van der Waals surface area (Å²) >= 11 is 0. The van der Waals surface area contributed by atoms with Crippen molar-refractivity contribution in [3.8, 4) is 0 Å². The lowest BCUT2D eigenvalue weighted by atomic mass is 9.81. The van der Waals surface area contributed by atoms with Crippen LogP contribution in [0.3, 0.4) is 0 Å². The molecule has 0 radical (unpaired) electrons. The first-order valence-corrected chi connectivity index (χ1v) is 8.00. The van der Waals surface area contributed by atoms with Gasteiger partial charge in [0.15, 0.2) is 0 Å². The first-order valence-electron chi connectivity index (χ1n) is 8.00. The fourth-order valence-corrected chi connectivity index (χ4v) is 3.70. The summed E-state index contributed by atoms with van der Waals surface area (Å²) in [6.45, 7) is 3.51. The Morgan fingerprint density at radius 1 is 0.700 bits per heavy atom. The second-order valence-corrected chi connectivity index (χ2v) is 6.22. The number of nitrogens with zero attached hydrogens (tertiary/aromatic N) is 2. The number of carbonyl (C=O) groups is 2. The van der Waals surface area contributed by atoms with Crippen molar-refractivity contribution in [3.63, 3.8) is 0 Å². The maximum atomic E-state index is 12.7. The van der Waals surface area contributed by atoms with Gasteiger partial charge in [0.05, 0.1) is 11.8 Å². The van der Waals surface area contributed by atoms with E-state index < -0.39 is 0 Å². The van der Waals surface area contributed by atoms with E-state index in [4.69, 9.17) is 0 Å². The molecule has 2 amide bonds. The van der Waals surface area contributed by atoms with Gasteiger partial charge in [-0.3, -0.25) is 9.59 Å². The Labute approximate surface area is 120 Å². The number of rotatable bonds is 2. The van der Waals surface area contributed by atoms with Gasteiger partial charge in [-0.25, -0.2) is 0 Å². The van der Waals surface area contributed by atoms with Crippen molar-refractivity contribution in [2.24, 2.45) is 11.8 Å². The molecule has 0 N–H and O–H groups in total. The van der Waals surface area contributed by atoms with Crippen molar-refractivity contribution >= 4 is 11.8 Å². The summed E-state index contributed by atoms with van der Waals surface area (Å²) in [4.78, 5) is 29.2. The smallest absolute Gasteiger partial charge is 0.226 e. The molecule has 4 nitrogen and oxygen atoms in total. The molecule has 2 heterocycles. The maximum absolute atomic E-state index is 12.7. The highest BCUT2D eigenvalue weighted by Crippen LogP contribution is 2.31. The lowest BCUT2D eigenvalue weighted by Gasteiger charge is -2.32. The van der Waals surface area contributed by atoms with Gasteiger partial charge in [0.1, 0.15) is 0 Å². The Morgan fingerprint density at radius 2 is 1.05 bits per heavy atom. The zero-order valence-corrected chi connectivity index (χ0v) is 12.1. The van der Waals surface area contributed by atoms with Crippen LogP contribution in [-0.4, -0.2) is 47.8 Å². The van der Waals surface area contributed by atoms with Crippen LogP contribution in [0.1, 0.15) is 38.5 Å². The standard InChI is InChI=1S/C16H24N2O2/c19-15(17-9-3-4-10-17)13-7-1-2-8-14(13)16(20)18-11-5-6-12-18/h1-2,13-14H,3-12H2. The zero-order valence-electron chi connectivity index (χ0n) is 12.1. The molecule has 0 spiro atoms. The first kappa shape index (κ1) is 13.7. The summed E-state index contributed by atoms with van der Waals surface area (Å²) in [6, 6.07) is 0. The molecule has 110 valence electrons. The van der Waals surface area contributed by atoms with E-state index in [9.17, 15) is 9.59 Å². The zero-order chi connectivity index (χ0) is 13.9. The third kappa shape index (κ3) is 2.60. The van der Waals surface area contributed by atoms with Crippen molar-refractivity contribution in [3.05, 3.63) is 12.2 Å². The monoisotopic (exact) mass is 276 g/mol. The first-order chi connectivity index (χ1) is 9.77. The van der Waals surface area contributed by atoms with Crippen LogP contribution in [0.4, 0.5) is 0 Å². The van der Waals surface area contributed by atoms with Crippen LogP contribution < -0.4 is 0 Å². The van der Waals surface area contributed by atoms with E-state index in [-0.39, 0.29) is 23.7 Å². The van der Waals surface area contributed by atoms with Gasteiger partial charge >= 0.3 is 0 Å². The quantitative estimate of drug-likeness (QED) is 0.722. The van der Waals surface area contributed by atoms with E-state index in [0.717, 1.165) is 64.7 Å². The van der Waals surface area contributed by atoms with Gasteiger partial charge in [-0.15, -0.1) is 0 Å². The minimum atomic E-state index is -0.119. The topological polar surface area (TPSA) is 40.6 Å². The van der Waals surface area contributed by atoms with Gasteiger partial charge in [0.25, 0.3) is 0 Å². The Kier molecular flexibility index (Phi) is 4.08. The van der Waals surface area contributed by atoms with Crippen molar-refractivity contribution in [2.75, 3.05) is 26.2 Å². The number of allylic oxidation sites excluding steroid dienone is 2. The van der Waals surface area contributed by atoms with Gasteiger partial charge in [0, 0.05) is 26.2 Å². The lowest BCUT2D eigenvalue weighted by molar-refractivity contribution is -0.145. The fraction of sp³-hybridized carbons (Fsp3) is 0.750. The molecule has 4 heteroatoms. The molecule has 2 unspecified atom stereocenters. The van der Waals surface area contributed by atoms with Crippen LogP contribution in [0.5, 0.6) is 0 Å². The van der Waals surface area contributed by atoms with Crippen molar-refractivity contribution in [1.82, 2.24) is 9.80 Å². The molecule has 3 rings (SSSR count). The van der Waals surface area contributed by atoms with Gasteiger partial charge < -0.3 is 9.80 Å². The van der Waals surface area contributed by atoms with Gasteiger partial charge in [0.2, 0.25) is 11.8 Å². The molecule has 0 bridgehead atoms. The SMILES string of the molecule is O=C(C1CC=CCC1C(=O)N1CCCC1)N1CCCC1. The average molecular weight is 276 g/mol. The van der Waals surface area contributed by atoms with E-state index in [2.05, 4.69) is 12.2 Å². The van der Waals surface area contributed by atoms with Gasteiger partial charge in [-0.1, -0.05) is 12.2 Å². The van der Waals surface area contributed by atoms with Crippen LogP contribution in [-0.2, 0) is 9.59 Å². The lowest BCUT2D eigenvalue weighted by Crippen LogP contribution is -2.44. The second kappa shape index (κ2) is 5.98. The number of amides is 2. The highest BCUT2D eigenvalue weighted by atomic mass is 16.2. The molecule has 2 fully saturated rings. The molecule has 20 heavy (non-hydrogen) atoms. The van der Waals surface area contributed by atoms with E-state index >= 15 is 0 Å². The predicted octanol–water partition coefficient (Wildman–Crippen LogP) is 1.81. The van der Waals surface area contributed by atoms with Crippen LogP contribution in [0.25, 0.3) is 0 Å². The number of hydrogen-bond donors (Lipinski definition) is 0. The summed E-state index contributed by atoms with van der Waals surface area (Å²) in [7, 11) is 0. The Morgan fingerprint density at radius 3 is 1.40 bits per heavy atom. The minimum absolute atomic E-state index is 0.119. The Hall–Kier alpha value is -1.32. The summed E-state index contributed by atoms with van der Waals surface area (Å²) in [6.07, 6.45) is 10.1. The van der Waals surface area contributed by atoms with Gasteiger partial charge in [-0.05, 0) is 38.5 Å². The molecule has 2 atom stereocenters. The highest BCUT2D eigenvalue weighted by Gasteiger charge is 2.39.